The first kappa shape index (κ1) is 38.3. The summed E-state index contributed by atoms with van der Waals surface area (Å²) in [6.07, 6.45) is 0.639. The molecule has 0 spiro atoms. The molecule has 1 aliphatic carbocycles. The van der Waals surface area contributed by atoms with E-state index in [0.29, 0.717) is 0 Å². The molecule has 0 heterocycles. The second kappa shape index (κ2) is 19.0. The van der Waals surface area contributed by atoms with E-state index in [1.807, 2.05) is 91.0 Å². The van der Waals surface area contributed by atoms with E-state index in [-0.39, 0.29) is 38.5 Å². The molecule has 4 rings (SSSR count). The molecule has 3 atom stereocenters. The number of benzene rings is 3. The van der Waals surface area contributed by atoms with Crippen molar-refractivity contribution in [3.63, 3.8) is 0 Å². The Hall–Kier alpha value is -5.52. The highest BCUT2D eigenvalue weighted by Gasteiger charge is 2.41. The third kappa shape index (κ3) is 11.2. The van der Waals surface area contributed by atoms with Gasteiger partial charge in [0, 0.05) is 37.0 Å². The third-order valence-corrected chi connectivity index (χ3v) is 9.07. The molecule has 3 unspecified atom stereocenters. The Morgan fingerprint density at radius 2 is 0.706 bits per heavy atom. The van der Waals surface area contributed by atoms with Crippen LogP contribution in [0.5, 0.6) is 0 Å². The van der Waals surface area contributed by atoms with Crippen LogP contribution in [0.4, 0.5) is 0 Å². The van der Waals surface area contributed by atoms with Crippen molar-refractivity contribution in [1.29, 1.82) is 0 Å². The monoisotopic (exact) mass is 699 g/mol. The summed E-state index contributed by atoms with van der Waals surface area (Å²) >= 11 is 0. The molecule has 0 bridgehead atoms. The van der Waals surface area contributed by atoms with Crippen molar-refractivity contribution in [2.24, 2.45) is 17.8 Å². The zero-order chi connectivity index (χ0) is 36.8. The van der Waals surface area contributed by atoms with E-state index in [4.69, 9.17) is 14.2 Å². The largest absolute Gasteiger partial charge is 0.467 e. The average Bonchev–Trinajstić information content (AvgIpc) is 3.17. The number of methoxy groups -OCH3 is 3. The van der Waals surface area contributed by atoms with Gasteiger partial charge in [-0.15, -0.1) is 0 Å². The number of hydrogen-bond donors (Lipinski definition) is 3. The summed E-state index contributed by atoms with van der Waals surface area (Å²) in [6, 6.07) is 24.3. The minimum atomic E-state index is -1.02. The highest BCUT2D eigenvalue weighted by molar-refractivity contribution is 5.91. The molecule has 1 saturated carbocycles. The summed E-state index contributed by atoms with van der Waals surface area (Å²) in [6.45, 7) is 0. The molecule has 0 aromatic heterocycles. The minimum absolute atomic E-state index is 0.0460. The lowest BCUT2D eigenvalue weighted by Crippen LogP contribution is -2.52. The first-order chi connectivity index (χ1) is 24.6. The molecule has 3 aromatic carbocycles. The molecule has 3 aromatic rings. The van der Waals surface area contributed by atoms with Crippen LogP contribution in [0.1, 0.15) is 36.0 Å². The molecule has 3 amide bonds. The maximum atomic E-state index is 13.9. The fourth-order valence-electron chi connectivity index (χ4n) is 6.39. The molecule has 12 heteroatoms. The number of amides is 3. The summed E-state index contributed by atoms with van der Waals surface area (Å²) in [7, 11) is 3.69. The third-order valence-electron chi connectivity index (χ3n) is 9.07. The second-order valence-electron chi connectivity index (χ2n) is 12.6. The normalized spacial score (nSPS) is 18.5. The van der Waals surface area contributed by atoms with Gasteiger partial charge in [0.2, 0.25) is 17.7 Å². The Morgan fingerprint density at radius 1 is 0.471 bits per heavy atom. The lowest BCUT2D eigenvalue weighted by Gasteiger charge is -2.34. The number of carbonyl (C=O) groups excluding carboxylic acids is 6. The summed E-state index contributed by atoms with van der Waals surface area (Å²) in [4.78, 5) is 79.8. The molecule has 3 N–H and O–H groups in total. The van der Waals surface area contributed by atoms with Gasteiger partial charge in [0.05, 0.1) is 21.3 Å². The van der Waals surface area contributed by atoms with Crippen molar-refractivity contribution >= 4 is 35.6 Å². The van der Waals surface area contributed by atoms with E-state index in [0.717, 1.165) is 16.7 Å². The molecule has 1 aliphatic rings. The number of ether oxygens (including phenoxy) is 3. The van der Waals surface area contributed by atoms with Crippen molar-refractivity contribution < 1.29 is 43.0 Å². The van der Waals surface area contributed by atoms with Crippen molar-refractivity contribution in [3.05, 3.63) is 108 Å². The Kier molecular flexibility index (Phi) is 14.3. The van der Waals surface area contributed by atoms with Gasteiger partial charge in [-0.2, -0.15) is 0 Å². The summed E-state index contributed by atoms with van der Waals surface area (Å²) in [5.41, 5.74) is 2.39. The average molecular weight is 700 g/mol. The van der Waals surface area contributed by atoms with Gasteiger partial charge in [-0.3, -0.25) is 14.4 Å². The van der Waals surface area contributed by atoms with Crippen molar-refractivity contribution in [2.75, 3.05) is 21.3 Å². The quantitative estimate of drug-likeness (QED) is 0.160. The zero-order valence-corrected chi connectivity index (χ0v) is 29.0. The lowest BCUT2D eigenvalue weighted by molar-refractivity contribution is -0.148. The van der Waals surface area contributed by atoms with Crippen LogP contribution in [0.25, 0.3) is 0 Å². The van der Waals surface area contributed by atoms with E-state index in [1.165, 1.54) is 21.3 Å². The van der Waals surface area contributed by atoms with Crippen molar-refractivity contribution in [3.8, 4) is 0 Å². The Morgan fingerprint density at radius 3 is 0.922 bits per heavy atom. The predicted molar refractivity (Wildman–Crippen MR) is 187 cm³/mol. The highest BCUT2D eigenvalue weighted by Crippen LogP contribution is 2.35. The molecule has 51 heavy (non-hydrogen) atoms. The fraction of sp³-hybridized carbons (Fsp3) is 0.385. The van der Waals surface area contributed by atoms with Crippen LogP contribution in [0, 0.1) is 17.8 Å². The van der Waals surface area contributed by atoms with Gasteiger partial charge >= 0.3 is 17.9 Å². The number of rotatable bonds is 15. The Balaban J connectivity index is 1.57. The van der Waals surface area contributed by atoms with E-state index in [2.05, 4.69) is 16.0 Å². The topological polar surface area (TPSA) is 166 Å². The molecule has 0 radical (unpaired) electrons. The van der Waals surface area contributed by atoms with Gasteiger partial charge in [0.15, 0.2) is 0 Å². The molecular formula is C39H45N3O9. The van der Waals surface area contributed by atoms with Crippen LogP contribution < -0.4 is 16.0 Å². The minimum Gasteiger partial charge on any atom is -0.467 e. The maximum Gasteiger partial charge on any atom is 0.328 e. The van der Waals surface area contributed by atoms with Crippen molar-refractivity contribution in [1.82, 2.24) is 16.0 Å². The van der Waals surface area contributed by atoms with Gasteiger partial charge < -0.3 is 30.2 Å². The van der Waals surface area contributed by atoms with E-state index in [1.54, 1.807) is 0 Å². The first-order valence-corrected chi connectivity index (χ1v) is 16.9. The van der Waals surface area contributed by atoms with E-state index in [9.17, 15) is 28.8 Å². The first-order valence-electron chi connectivity index (χ1n) is 16.9. The van der Waals surface area contributed by atoms with E-state index < -0.39 is 71.5 Å². The number of carbonyl (C=O) groups is 6. The lowest BCUT2D eigenvalue weighted by atomic mass is 9.73. The molecule has 1 fully saturated rings. The fourth-order valence-corrected chi connectivity index (χ4v) is 6.39. The van der Waals surface area contributed by atoms with Crippen LogP contribution in [-0.2, 0) is 62.2 Å². The molecule has 270 valence electrons. The highest BCUT2D eigenvalue weighted by atomic mass is 16.5. The summed E-state index contributed by atoms with van der Waals surface area (Å²) in [5, 5.41) is 8.34. The molecule has 0 saturated heterocycles. The predicted octanol–water partition coefficient (Wildman–Crippen LogP) is 2.72. The van der Waals surface area contributed by atoms with Gasteiger partial charge in [0.25, 0.3) is 0 Å². The number of hydrogen-bond acceptors (Lipinski definition) is 9. The molecule has 12 nitrogen and oxygen atoms in total. The van der Waals surface area contributed by atoms with Crippen LogP contribution in [0.15, 0.2) is 91.0 Å². The molecule has 0 aliphatic heterocycles. The standard InChI is InChI=1S/C39H45N3O9/c1-49-37(46)31(19-25-13-7-4-8-14-25)40-34(43)28-22-29(35(44)41-32(38(47)50-2)20-26-15-9-5-10-16-26)24-30(23-28)36(45)42-33(39(48)51-3)21-27-17-11-6-12-18-27/h4-18,28-33H,19-24H2,1-3H3,(H,40,43)(H,41,44)(H,42,45). The van der Waals surface area contributed by atoms with E-state index >= 15 is 0 Å². The van der Waals surface area contributed by atoms with Crippen LogP contribution in [0.2, 0.25) is 0 Å². The van der Waals surface area contributed by atoms with Gasteiger partial charge in [0.1, 0.15) is 18.1 Å². The summed E-state index contributed by atoms with van der Waals surface area (Å²) in [5.74, 6) is -6.13. The zero-order valence-electron chi connectivity index (χ0n) is 29.0. The Bertz CT molecular complexity index is 1440. The van der Waals surface area contributed by atoms with Gasteiger partial charge in [-0.05, 0) is 36.0 Å². The van der Waals surface area contributed by atoms with Crippen LogP contribution in [-0.4, -0.2) is 75.1 Å². The van der Waals surface area contributed by atoms with Crippen molar-refractivity contribution in [2.45, 2.75) is 56.7 Å². The Labute approximate surface area is 297 Å². The SMILES string of the molecule is COC(=O)C(Cc1ccccc1)NC(=O)C1CC(C(=O)NC(Cc2ccccc2)C(=O)OC)CC(C(=O)NC(Cc2ccccc2)C(=O)OC)C1. The van der Waals surface area contributed by atoms with Crippen LogP contribution in [0.3, 0.4) is 0 Å². The molecular weight excluding hydrogens is 654 g/mol. The summed E-state index contributed by atoms with van der Waals surface area (Å²) < 4.78 is 14.9. The van der Waals surface area contributed by atoms with Crippen LogP contribution >= 0.6 is 0 Å². The number of esters is 3. The second-order valence-corrected chi connectivity index (χ2v) is 12.6. The smallest absolute Gasteiger partial charge is 0.328 e. The maximum absolute atomic E-state index is 13.9. The van der Waals surface area contributed by atoms with Gasteiger partial charge in [-0.25, -0.2) is 14.4 Å². The van der Waals surface area contributed by atoms with Gasteiger partial charge in [-0.1, -0.05) is 91.0 Å². The number of nitrogens with one attached hydrogen (secondary N) is 3.